The first-order chi connectivity index (χ1) is 18.6. The average molecular weight is 605 g/mol. The van der Waals surface area contributed by atoms with Gasteiger partial charge in [-0.3, -0.25) is 13.9 Å². The molecule has 0 saturated heterocycles. The van der Waals surface area contributed by atoms with Gasteiger partial charge in [0.15, 0.2) is 0 Å². The Balaban J connectivity index is 2.06. The van der Waals surface area contributed by atoms with Crippen LogP contribution in [0.2, 0.25) is 10.0 Å². The summed E-state index contributed by atoms with van der Waals surface area (Å²) in [5.74, 6) is -0.925. The van der Waals surface area contributed by atoms with Crippen LogP contribution in [-0.2, 0) is 26.2 Å². The van der Waals surface area contributed by atoms with Crippen molar-refractivity contribution in [2.45, 2.75) is 64.6 Å². The van der Waals surface area contributed by atoms with Gasteiger partial charge in [0, 0.05) is 12.1 Å². The lowest BCUT2D eigenvalue weighted by atomic mass is 10.1. The number of sulfonamides is 1. The van der Waals surface area contributed by atoms with E-state index in [1.54, 1.807) is 68.4 Å². The highest BCUT2D eigenvalue weighted by atomic mass is 35.5. The maximum atomic E-state index is 14.0. The van der Waals surface area contributed by atoms with Crippen LogP contribution in [0.4, 0.5) is 5.69 Å². The molecule has 0 aliphatic heterocycles. The molecule has 0 fully saturated rings. The number of benzene rings is 3. The van der Waals surface area contributed by atoms with Crippen LogP contribution in [0, 0.1) is 13.8 Å². The fourth-order valence-electron chi connectivity index (χ4n) is 4.09. The second kappa shape index (κ2) is 12.6. The van der Waals surface area contributed by atoms with Crippen LogP contribution in [0.25, 0.3) is 0 Å². The smallest absolute Gasteiger partial charge is 0.264 e. The molecule has 2 amide bonds. The maximum Gasteiger partial charge on any atom is 0.264 e. The van der Waals surface area contributed by atoms with Crippen molar-refractivity contribution >= 4 is 50.7 Å². The number of amides is 2. The number of rotatable bonds is 9. The number of halogens is 2. The first-order valence-electron chi connectivity index (χ1n) is 12.8. The van der Waals surface area contributed by atoms with E-state index in [2.05, 4.69) is 5.32 Å². The molecule has 40 heavy (non-hydrogen) atoms. The van der Waals surface area contributed by atoms with Crippen molar-refractivity contribution in [2.75, 3.05) is 10.8 Å². The molecule has 3 aromatic carbocycles. The zero-order chi connectivity index (χ0) is 29.8. The van der Waals surface area contributed by atoms with Gasteiger partial charge in [-0.25, -0.2) is 8.42 Å². The number of nitrogens with one attached hydrogen (secondary N) is 1. The third-order valence-corrected chi connectivity index (χ3v) is 8.79. The van der Waals surface area contributed by atoms with Crippen LogP contribution < -0.4 is 9.62 Å². The minimum Gasteiger partial charge on any atom is -0.350 e. The van der Waals surface area contributed by atoms with E-state index in [0.717, 1.165) is 9.87 Å². The van der Waals surface area contributed by atoms with Crippen molar-refractivity contribution < 1.29 is 18.0 Å². The number of hydrogen-bond acceptors (Lipinski definition) is 4. The Morgan fingerprint density at radius 1 is 0.925 bits per heavy atom. The van der Waals surface area contributed by atoms with Gasteiger partial charge in [-0.2, -0.15) is 0 Å². The van der Waals surface area contributed by atoms with E-state index < -0.39 is 34.1 Å². The van der Waals surface area contributed by atoms with Crippen molar-refractivity contribution in [3.63, 3.8) is 0 Å². The van der Waals surface area contributed by atoms with E-state index in [0.29, 0.717) is 26.9 Å². The summed E-state index contributed by atoms with van der Waals surface area (Å²) in [5.41, 5.74) is 2.07. The third-order valence-electron chi connectivity index (χ3n) is 6.27. The molecule has 0 saturated carbocycles. The monoisotopic (exact) mass is 603 g/mol. The Morgan fingerprint density at radius 2 is 1.55 bits per heavy atom. The predicted molar refractivity (Wildman–Crippen MR) is 161 cm³/mol. The van der Waals surface area contributed by atoms with Crippen LogP contribution >= 0.6 is 23.2 Å². The predicted octanol–water partition coefficient (Wildman–Crippen LogP) is 6.14. The number of carbonyl (C=O) groups excluding carboxylic acids is 2. The summed E-state index contributed by atoms with van der Waals surface area (Å²) in [4.78, 5) is 28.6. The van der Waals surface area contributed by atoms with Crippen LogP contribution in [0.15, 0.2) is 71.6 Å². The van der Waals surface area contributed by atoms with E-state index in [1.807, 2.05) is 27.7 Å². The largest absolute Gasteiger partial charge is 0.350 e. The molecule has 7 nitrogen and oxygen atoms in total. The summed E-state index contributed by atoms with van der Waals surface area (Å²) in [7, 11) is -4.14. The Morgan fingerprint density at radius 3 is 2.12 bits per heavy atom. The highest BCUT2D eigenvalue weighted by molar-refractivity contribution is 7.92. The molecule has 10 heteroatoms. The molecule has 3 rings (SSSR count). The van der Waals surface area contributed by atoms with E-state index in [9.17, 15) is 18.0 Å². The first-order valence-corrected chi connectivity index (χ1v) is 15.0. The Kier molecular flexibility index (Phi) is 9.93. The SMILES string of the molecule is Cc1ccc(S(=O)(=O)N(CC(=O)N(Cc2ccc(Cl)c(Cl)c2)[C@@H](C)C(=O)NC(C)(C)C)c2ccccc2C)cc1. The molecule has 0 heterocycles. The van der Waals surface area contributed by atoms with E-state index in [4.69, 9.17) is 23.2 Å². The van der Waals surface area contributed by atoms with Gasteiger partial charge in [0.1, 0.15) is 12.6 Å². The van der Waals surface area contributed by atoms with Crippen LogP contribution in [0.1, 0.15) is 44.4 Å². The van der Waals surface area contributed by atoms with E-state index in [-0.39, 0.29) is 17.3 Å². The molecule has 0 bridgehead atoms. The molecule has 0 unspecified atom stereocenters. The van der Waals surface area contributed by atoms with Crippen molar-refractivity contribution in [2.24, 2.45) is 0 Å². The van der Waals surface area contributed by atoms with Crippen LogP contribution in [0.3, 0.4) is 0 Å². The van der Waals surface area contributed by atoms with Gasteiger partial charge >= 0.3 is 0 Å². The van der Waals surface area contributed by atoms with Gasteiger partial charge in [-0.15, -0.1) is 0 Å². The lowest BCUT2D eigenvalue weighted by molar-refractivity contribution is -0.140. The average Bonchev–Trinajstić information content (AvgIpc) is 2.87. The quantitative estimate of drug-likeness (QED) is 0.318. The lowest BCUT2D eigenvalue weighted by Gasteiger charge is -2.34. The molecule has 1 N–H and O–H groups in total. The zero-order valence-electron chi connectivity index (χ0n) is 23.5. The van der Waals surface area contributed by atoms with Gasteiger partial charge in [0.25, 0.3) is 10.0 Å². The van der Waals surface area contributed by atoms with Crippen molar-refractivity contribution in [3.8, 4) is 0 Å². The fraction of sp³-hybridized carbons (Fsp3) is 0.333. The highest BCUT2D eigenvalue weighted by Gasteiger charge is 2.33. The highest BCUT2D eigenvalue weighted by Crippen LogP contribution is 2.28. The molecule has 0 aliphatic rings. The van der Waals surface area contributed by atoms with Gasteiger partial charge in [0.2, 0.25) is 11.8 Å². The van der Waals surface area contributed by atoms with Crippen molar-refractivity contribution in [1.29, 1.82) is 0 Å². The Labute approximate surface area is 247 Å². The summed E-state index contributed by atoms with van der Waals surface area (Å²) >= 11 is 12.3. The minimum atomic E-state index is -4.14. The molecule has 0 spiro atoms. The Hall–Kier alpha value is -3.07. The van der Waals surface area contributed by atoms with Gasteiger partial charge in [-0.05, 0) is 83.0 Å². The van der Waals surface area contributed by atoms with Crippen LogP contribution in [0.5, 0.6) is 0 Å². The molecule has 214 valence electrons. The topological polar surface area (TPSA) is 86.8 Å². The van der Waals surface area contributed by atoms with Gasteiger partial charge in [0.05, 0.1) is 20.6 Å². The molecule has 0 aliphatic carbocycles. The Bertz CT molecular complexity index is 1490. The summed E-state index contributed by atoms with van der Waals surface area (Å²) in [5, 5.41) is 3.57. The second-order valence-corrected chi connectivity index (χ2v) is 13.5. The number of nitrogens with zero attached hydrogens (tertiary/aromatic N) is 2. The second-order valence-electron chi connectivity index (χ2n) is 10.8. The number of hydrogen-bond donors (Lipinski definition) is 1. The van der Waals surface area contributed by atoms with Gasteiger partial charge < -0.3 is 10.2 Å². The number of carbonyl (C=O) groups is 2. The normalized spacial score (nSPS) is 12.5. The molecule has 0 radical (unpaired) electrons. The molecule has 0 aromatic heterocycles. The van der Waals surface area contributed by atoms with Gasteiger partial charge in [-0.1, -0.05) is 65.2 Å². The number of aryl methyl sites for hydroxylation is 2. The summed E-state index contributed by atoms with van der Waals surface area (Å²) in [6.07, 6.45) is 0. The summed E-state index contributed by atoms with van der Waals surface area (Å²) in [6.45, 7) is 10.3. The van der Waals surface area contributed by atoms with E-state index >= 15 is 0 Å². The maximum absolute atomic E-state index is 14.0. The first kappa shape index (κ1) is 31.5. The number of para-hydroxylation sites is 1. The number of anilines is 1. The van der Waals surface area contributed by atoms with Crippen molar-refractivity contribution in [3.05, 3.63) is 93.5 Å². The molecular weight excluding hydrogens is 569 g/mol. The standard InChI is InChI=1S/C30H35Cl2N3O4S/c1-20-11-14-24(15-12-20)40(38,39)35(27-10-8-7-9-21(27)2)19-28(36)34(22(3)29(37)33-30(4,5)6)18-23-13-16-25(31)26(32)17-23/h7-17,22H,18-19H2,1-6H3,(H,33,37)/t22-/m0/s1. The molecule has 3 aromatic rings. The third kappa shape index (κ3) is 7.77. The summed E-state index contributed by atoms with van der Waals surface area (Å²) < 4.78 is 29.0. The fourth-order valence-corrected chi connectivity index (χ4v) is 5.88. The molecular formula is C30H35Cl2N3O4S. The van der Waals surface area contributed by atoms with E-state index in [1.165, 1.54) is 17.0 Å². The summed E-state index contributed by atoms with van der Waals surface area (Å²) in [6, 6.07) is 17.5. The van der Waals surface area contributed by atoms with Crippen LogP contribution in [-0.4, -0.2) is 43.3 Å². The molecule has 1 atom stereocenters. The zero-order valence-corrected chi connectivity index (χ0v) is 25.9. The van der Waals surface area contributed by atoms with Crippen molar-refractivity contribution in [1.82, 2.24) is 10.2 Å². The minimum absolute atomic E-state index is 0.0145. The lowest BCUT2D eigenvalue weighted by Crippen LogP contribution is -2.54.